The molecule has 0 amide bonds. The van der Waals surface area contributed by atoms with Crippen LogP contribution in [0.2, 0.25) is 0 Å². The Morgan fingerprint density at radius 1 is 1.24 bits per heavy atom. The van der Waals surface area contributed by atoms with E-state index in [4.69, 9.17) is 0 Å². The van der Waals surface area contributed by atoms with Gasteiger partial charge in [0.2, 0.25) is 0 Å². The quantitative estimate of drug-likeness (QED) is 0.803. The van der Waals surface area contributed by atoms with E-state index in [2.05, 4.69) is 24.0 Å². The topological polar surface area (TPSA) is 49.3 Å². The zero-order valence-electron chi connectivity index (χ0n) is 13.7. The van der Waals surface area contributed by atoms with Gasteiger partial charge in [-0.2, -0.15) is 11.8 Å². The van der Waals surface area contributed by atoms with E-state index >= 15 is 0 Å². The van der Waals surface area contributed by atoms with Crippen molar-refractivity contribution in [3.63, 3.8) is 0 Å². The van der Waals surface area contributed by atoms with Crippen LogP contribution < -0.4 is 5.32 Å². The van der Waals surface area contributed by atoms with Crippen molar-refractivity contribution < 1.29 is 9.90 Å². The van der Waals surface area contributed by atoms with E-state index < -0.39 is 11.5 Å². The van der Waals surface area contributed by atoms with Crippen molar-refractivity contribution in [1.82, 2.24) is 5.32 Å². The summed E-state index contributed by atoms with van der Waals surface area (Å²) in [6.45, 7) is 6.45. The molecule has 4 heteroatoms. The summed E-state index contributed by atoms with van der Waals surface area (Å²) in [5.41, 5.74) is -0.690. The Hall–Kier alpha value is -0.220. The Labute approximate surface area is 133 Å². The molecule has 4 unspecified atom stereocenters. The van der Waals surface area contributed by atoms with Crippen LogP contribution in [-0.4, -0.2) is 33.2 Å². The van der Waals surface area contributed by atoms with Crippen LogP contribution in [0.1, 0.15) is 72.1 Å². The fraction of sp³-hybridized carbons (Fsp3) is 0.941. The van der Waals surface area contributed by atoms with Gasteiger partial charge in [0.15, 0.2) is 0 Å². The Morgan fingerprint density at radius 3 is 2.57 bits per heavy atom. The molecule has 4 atom stereocenters. The number of carboxylic acid groups (broad SMARTS) is 1. The molecule has 0 aliphatic heterocycles. The van der Waals surface area contributed by atoms with Crippen LogP contribution in [0.3, 0.4) is 0 Å². The second kappa shape index (κ2) is 7.36. The molecule has 0 spiro atoms. The van der Waals surface area contributed by atoms with Crippen molar-refractivity contribution in [3.05, 3.63) is 0 Å². The van der Waals surface area contributed by atoms with Gasteiger partial charge in [0.05, 0.1) is 0 Å². The van der Waals surface area contributed by atoms with E-state index in [0.29, 0.717) is 5.25 Å². The maximum Gasteiger partial charge on any atom is 0.323 e. The first kappa shape index (κ1) is 17.1. The maximum atomic E-state index is 11.8. The standard InChI is InChI=1S/C17H31NO2S/c1-12(2)18-17(16(19)20)9-5-8-15(11-17)21-14-7-4-6-13(3)10-14/h12-15,18H,4-11H2,1-3H3,(H,19,20). The fourth-order valence-electron chi connectivity index (χ4n) is 4.05. The van der Waals surface area contributed by atoms with Crippen molar-refractivity contribution in [2.24, 2.45) is 5.92 Å². The Morgan fingerprint density at radius 2 is 1.95 bits per heavy atom. The second-order valence-electron chi connectivity index (χ2n) is 7.43. The molecule has 2 aliphatic rings. The summed E-state index contributed by atoms with van der Waals surface area (Å²) in [6, 6.07) is 0.222. The van der Waals surface area contributed by atoms with Crippen molar-refractivity contribution in [1.29, 1.82) is 0 Å². The molecule has 2 saturated carbocycles. The van der Waals surface area contributed by atoms with Gasteiger partial charge in [-0.1, -0.05) is 19.8 Å². The highest BCUT2D eigenvalue weighted by Crippen LogP contribution is 2.41. The van der Waals surface area contributed by atoms with Crippen LogP contribution in [0, 0.1) is 5.92 Å². The third-order valence-corrected chi connectivity index (χ3v) is 6.55. The van der Waals surface area contributed by atoms with Crippen molar-refractivity contribution in [2.45, 2.75) is 94.2 Å². The molecule has 2 aliphatic carbocycles. The number of aliphatic carboxylic acids is 1. The smallest absolute Gasteiger partial charge is 0.323 e. The fourth-order valence-corrected chi connectivity index (χ4v) is 6.02. The van der Waals surface area contributed by atoms with Gasteiger partial charge in [0.25, 0.3) is 0 Å². The highest BCUT2D eigenvalue weighted by molar-refractivity contribution is 8.00. The van der Waals surface area contributed by atoms with E-state index in [1.807, 2.05) is 13.8 Å². The number of thioether (sulfide) groups is 1. The highest BCUT2D eigenvalue weighted by Gasteiger charge is 2.43. The van der Waals surface area contributed by atoms with Crippen LogP contribution in [-0.2, 0) is 4.79 Å². The summed E-state index contributed by atoms with van der Waals surface area (Å²) in [7, 11) is 0. The lowest BCUT2D eigenvalue weighted by molar-refractivity contribution is -0.146. The first-order valence-corrected chi connectivity index (χ1v) is 9.52. The number of rotatable bonds is 5. The maximum absolute atomic E-state index is 11.8. The minimum absolute atomic E-state index is 0.222. The molecule has 2 rings (SSSR count). The zero-order chi connectivity index (χ0) is 15.5. The van der Waals surface area contributed by atoms with E-state index in [1.54, 1.807) is 0 Å². The van der Waals surface area contributed by atoms with Crippen LogP contribution in [0.4, 0.5) is 0 Å². The molecule has 0 radical (unpaired) electrons. The lowest BCUT2D eigenvalue weighted by Gasteiger charge is -2.41. The number of carbonyl (C=O) groups is 1. The highest BCUT2D eigenvalue weighted by atomic mass is 32.2. The molecule has 0 bridgehead atoms. The van der Waals surface area contributed by atoms with Crippen LogP contribution >= 0.6 is 11.8 Å². The number of nitrogens with one attached hydrogen (secondary N) is 1. The predicted molar refractivity (Wildman–Crippen MR) is 89.9 cm³/mol. The molecule has 2 fully saturated rings. The normalized spacial score (nSPS) is 37.6. The van der Waals surface area contributed by atoms with Crippen molar-refractivity contribution in [2.75, 3.05) is 0 Å². The molecule has 122 valence electrons. The molecular formula is C17H31NO2S. The molecule has 0 saturated heterocycles. The third kappa shape index (κ3) is 4.62. The molecule has 3 nitrogen and oxygen atoms in total. The summed E-state index contributed by atoms with van der Waals surface area (Å²) in [6.07, 6.45) is 9.14. The number of hydrogen-bond acceptors (Lipinski definition) is 3. The molecule has 0 aromatic carbocycles. The zero-order valence-corrected chi connectivity index (χ0v) is 14.5. The van der Waals surface area contributed by atoms with Gasteiger partial charge in [-0.15, -0.1) is 0 Å². The molecule has 2 N–H and O–H groups in total. The van der Waals surface area contributed by atoms with Gasteiger partial charge in [0.1, 0.15) is 5.54 Å². The van der Waals surface area contributed by atoms with Crippen LogP contribution in [0.25, 0.3) is 0 Å². The van der Waals surface area contributed by atoms with Gasteiger partial charge < -0.3 is 5.11 Å². The predicted octanol–water partition coefficient (Wildman–Crippen LogP) is 4.06. The van der Waals surface area contributed by atoms with E-state index in [-0.39, 0.29) is 6.04 Å². The van der Waals surface area contributed by atoms with Gasteiger partial charge in [-0.3, -0.25) is 10.1 Å². The SMILES string of the molecule is CC1CCCC(SC2CCCC(NC(C)C)(C(=O)O)C2)C1. The number of hydrogen-bond donors (Lipinski definition) is 2. The summed E-state index contributed by atoms with van der Waals surface area (Å²) >= 11 is 2.09. The van der Waals surface area contributed by atoms with Gasteiger partial charge in [0, 0.05) is 16.5 Å². The molecule has 21 heavy (non-hydrogen) atoms. The lowest BCUT2D eigenvalue weighted by Crippen LogP contribution is -2.57. The summed E-state index contributed by atoms with van der Waals surface area (Å²) in [4.78, 5) is 11.8. The lowest BCUT2D eigenvalue weighted by atomic mass is 9.81. The molecule has 0 aromatic heterocycles. The largest absolute Gasteiger partial charge is 0.480 e. The average molecular weight is 314 g/mol. The van der Waals surface area contributed by atoms with Crippen LogP contribution in [0.5, 0.6) is 0 Å². The average Bonchev–Trinajstić information content (AvgIpc) is 2.38. The minimum Gasteiger partial charge on any atom is -0.480 e. The summed E-state index contributed by atoms with van der Waals surface area (Å²) in [5.74, 6) is 0.191. The Kier molecular flexibility index (Phi) is 6.01. The van der Waals surface area contributed by atoms with Gasteiger partial charge >= 0.3 is 5.97 Å². The van der Waals surface area contributed by atoms with Crippen LogP contribution in [0.15, 0.2) is 0 Å². The summed E-state index contributed by atoms with van der Waals surface area (Å²) < 4.78 is 0. The Balaban J connectivity index is 1.96. The first-order valence-electron chi connectivity index (χ1n) is 8.58. The summed E-state index contributed by atoms with van der Waals surface area (Å²) in [5, 5.41) is 14.4. The first-order chi connectivity index (χ1) is 9.91. The second-order valence-corrected chi connectivity index (χ2v) is 9.04. The molecule has 0 heterocycles. The third-order valence-electron chi connectivity index (χ3n) is 4.95. The van der Waals surface area contributed by atoms with E-state index in [9.17, 15) is 9.90 Å². The monoisotopic (exact) mass is 313 g/mol. The Bertz CT molecular complexity index is 361. The van der Waals surface area contributed by atoms with Crippen molar-refractivity contribution >= 4 is 17.7 Å². The van der Waals surface area contributed by atoms with Gasteiger partial charge in [-0.05, 0) is 58.3 Å². The molecular weight excluding hydrogens is 282 g/mol. The number of carboxylic acids is 1. The molecule has 0 aromatic rings. The van der Waals surface area contributed by atoms with Crippen molar-refractivity contribution in [3.8, 4) is 0 Å². The van der Waals surface area contributed by atoms with Gasteiger partial charge in [-0.25, -0.2) is 0 Å². The van der Waals surface area contributed by atoms with E-state index in [1.165, 1.54) is 32.1 Å². The van der Waals surface area contributed by atoms with E-state index in [0.717, 1.165) is 30.4 Å². The minimum atomic E-state index is -0.690.